The second-order valence-corrected chi connectivity index (χ2v) is 11.1. The number of ether oxygens (including phenoxy) is 2. The molecule has 0 bridgehead atoms. The number of carbonyl (C=O) groups excluding carboxylic acids is 1. The Morgan fingerprint density at radius 2 is 1.97 bits per heavy atom. The van der Waals surface area contributed by atoms with Gasteiger partial charge in [-0.3, -0.25) is 13.9 Å². The molecule has 0 spiro atoms. The second kappa shape index (κ2) is 11.5. The number of rotatable bonds is 11. The van der Waals surface area contributed by atoms with Gasteiger partial charge in [0.05, 0.1) is 19.0 Å². The topological polar surface area (TPSA) is 159 Å². The summed E-state index contributed by atoms with van der Waals surface area (Å²) in [5.41, 5.74) is -1.63. The maximum Gasteiger partial charge on any atom is 0.459 e. The van der Waals surface area contributed by atoms with Crippen molar-refractivity contribution >= 4 is 30.7 Å². The quantitative estimate of drug-likeness (QED) is 0.230. The number of aliphatic hydroxyl groups excluding tert-OH is 1. The van der Waals surface area contributed by atoms with E-state index < -0.39 is 56.6 Å². The molecule has 6 atom stereocenters. The number of aliphatic hydroxyl groups is 1. The van der Waals surface area contributed by atoms with Crippen molar-refractivity contribution in [1.29, 1.82) is 0 Å². The van der Waals surface area contributed by atoms with Crippen molar-refractivity contribution in [1.82, 2.24) is 24.6 Å². The second-order valence-electron chi connectivity index (χ2n) is 9.45. The van der Waals surface area contributed by atoms with Gasteiger partial charge in [0.2, 0.25) is 0 Å². The lowest BCUT2D eigenvalue weighted by molar-refractivity contribution is -0.149. The summed E-state index contributed by atoms with van der Waals surface area (Å²) in [7, 11) is -2.59. The Kier molecular flexibility index (Phi) is 8.52. The first-order valence-corrected chi connectivity index (χ1v) is 13.8. The van der Waals surface area contributed by atoms with Gasteiger partial charge in [-0.1, -0.05) is 18.2 Å². The number of nitrogens with zero attached hydrogens (tertiary/aromatic N) is 4. The van der Waals surface area contributed by atoms with Gasteiger partial charge in [0.1, 0.15) is 35.8 Å². The van der Waals surface area contributed by atoms with Crippen LogP contribution in [0.5, 0.6) is 5.75 Å². The molecule has 39 heavy (non-hydrogen) atoms. The number of hydrogen-bond acceptors (Lipinski definition) is 11. The molecule has 3 heterocycles. The van der Waals surface area contributed by atoms with E-state index >= 15 is 4.39 Å². The van der Waals surface area contributed by atoms with Crippen LogP contribution in [0.25, 0.3) is 11.2 Å². The van der Waals surface area contributed by atoms with Crippen LogP contribution in [-0.2, 0) is 23.4 Å². The molecule has 13 nitrogen and oxygen atoms in total. The molecule has 1 fully saturated rings. The van der Waals surface area contributed by atoms with Gasteiger partial charge in [-0.2, -0.15) is 5.09 Å². The highest BCUT2D eigenvalue weighted by Gasteiger charge is 2.56. The number of carbonyl (C=O) groups is 1. The molecule has 3 aromatic rings. The molecule has 3 N–H and O–H groups in total. The fourth-order valence-corrected chi connectivity index (χ4v) is 5.57. The van der Waals surface area contributed by atoms with Gasteiger partial charge in [0.25, 0.3) is 0 Å². The van der Waals surface area contributed by atoms with Crippen molar-refractivity contribution in [2.45, 2.75) is 63.9 Å². The van der Waals surface area contributed by atoms with Gasteiger partial charge >= 0.3 is 13.7 Å². The van der Waals surface area contributed by atoms with Crippen molar-refractivity contribution in [2.75, 3.05) is 19.0 Å². The third-order valence-electron chi connectivity index (χ3n) is 6.00. The summed E-state index contributed by atoms with van der Waals surface area (Å²) in [5.74, 6) is -0.0364. The maximum atomic E-state index is 15.9. The van der Waals surface area contributed by atoms with Crippen molar-refractivity contribution in [3.63, 3.8) is 0 Å². The van der Waals surface area contributed by atoms with E-state index in [-0.39, 0.29) is 11.4 Å². The van der Waals surface area contributed by atoms with Crippen LogP contribution >= 0.6 is 7.75 Å². The lowest BCUT2D eigenvalue weighted by Gasteiger charge is -2.25. The van der Waals surface area contributed by atoms with Crippen molar-refractivity contribution in [2.24, 2.45) is 0 Å². The Balaban J connectivity index is 1.54. The summed E-state index contributed by atoms with van der Waals surface area (Å²) in [6.45, 7) is 5.44. The number of imidazole rings is 1. The first-order valence-electron chi connectivity index (χ1n) is 12.3. The van der Waals surface area contributed by atoms with Gasteiger partial charge in [-0.15, -0.1) is 0 Å². The fourth-order valence-electron chi connectivity index (χ4n) is 4.06. The molecule has 1 aliphatic heterocycles. The summed E-state index contributed by atoms with van der Waals surface area (Å²) >= 11 is 0. The van der Waals surface area contributed by atoms with Crippen LogP contribution in [0, 0.1) is 0 Å². The first kappa shape index (κ1) is 28.8. The lowest BCUT2D eigenvalue weighted by Crippen LogP contribution is -2.41. The number of halogens is 1. The highest BCUT2D eigenvalue weighted by Crippen LogP contribution is 2.48. The van der Waals surface area contributed by atoms with Crippen LogP contribution in [0.4, 0.5) is 10.2 Å². The van der Waals surface area contributed by atoms with Crippen LogP contribution in [0.15, 0.2) is 43.0 Å². The molecule has 0 saturated carbocycles. The monoisotopic (exact) mass is 566 g/mol. The summed E-state index contributed by atoms with van der Waals surface area (Å²) < 4.78 is 53.2. The molecule has 0 radical (unpaired) electrons. The van der Waals surface area contributed by atoms with E-state index in [1.165, 1.54) is 31.1 Å². The molecule has 0 unspecified atom stereocenters. The van der Waals surface area contributed by atoms with Crippen molar-refractivity contribution in [3.05, 3.63) is 43.0 Å². The number of benzene rings is 1. The average molecular weight is 567 g/mol. The van der Waals surface area contributed by atoms with E-state index in [9.17, 15) is 14.5 Å². The Bertz CT molecular complexity index is 1340. The highest BCUT2D eigenvalue weighted by atomic mass is 31.2. The smallest absolute Gasteiger partial charge is 0.459 e. The van der Waals surface area contributed by atoms with Crippen LogP contribution in [0.2, 0.25) is 0 Å². The zero-order chi connectivity index (χ0) is 28.4. The molecular formula is C24H32FN6O7P. The Labute approximate surface area is 224 Å². The summed E-state index contributed by atoms with van der Waals surface area (Å²) in [5, 5.41) is 16.3. The number of nitrogens with one attached hydrogen (secondary N) is 2. The number of aromatic nitrogens is 4. The van der Waals surface area contributed by atoms with Gasteiger partial charge in [-0.25, -0.2) is 23.9 Å². The third kappa shape index (κ3) is 6.20. The molecule has 0 aliphatic carbocycles. The Hall–Kier alpha value is -3.16. The standard InChI is InChI=1S/C24H32FN6O7P/c1-14(2)36-22(33)15(3)30-39(34,38-16-9-7-6-8-10-16)35-11-17-19(32)24(4,25)23(37-17)31-13-29-18-20(26-5)27-12-28-21(18)31/h6-10,12-15,17,19,23,32H,11H2,1-5H3,(H,30,34)(H,26,27,28)/t15-,17+,19+,23+,24+,39+/m0/s1. The van der Waals surface area contributed by atoms with E-state index in [2.05, 4.69) is 25.4 Å². The molecule has 1 aliphatic rings. The van der Waals surface area contributed by atoms with E-state index in [1.807, 2.05) is 0 Å². The summed E-state index contributed by atoms with van der Waals surface area (Å²) in [6, 6.07) is 7.10. The van der Waals surface area contributed by atoms with Gasteiger partial charge in [0, 0.05) is 7.05 Å². The van der Waals surface area contributed by atoms with Crippen LogP contribution < -0.4 is 14.9 Å². The summed E-state index contributed by atoms with van der Waals surface area (Å²) in [4.78, 5) is 24.9. The minimum atomic E-state index is -4.26. The molecule has 212 valence electrons. The van der Waals surface area contributed by atoms with Gasteiger partial charge in [-0.05, 0) is 39.8 Å². The normalized spacial score (nSPS) is 25.4. The largest absolute Gasteiger partial charge is 0.462 e. The fraction of sp³-hybridized carbons (Fsp3) is 0.500. The van der Waals surface area contributed by atoms with E-state index in [1.54, 1.807) is 51.2 Å². The Morgan fingerprint density at radius 1 is 1.26 bits per heavy atom. The first-order chi connectivity index (χ1) is 18.4. The SMILES string of the molecule is CNc1ncnc2c1ncn2[C@@H]1O[C@H](CO[P@](=O)(N[C@@H](C)C(=O)OC(C)C)Oc2ccccc2)[C@@H](O)[C@@]1(C)F. The van der Waals surface area contributed by atoms with E-state index in [4.69, 9.17) is 18.5 Å². The minimum Gasteiger partial charge on any atom is -0.462 e. The number of hydrogen-bond donors (Lipinski definition) is 3. The van der Waals surface area contributed by atoms with E-state index in [0.717, 1.165) is 0 Å². The van der Waals surface area contributed by atoms with Crippen LogP contribution in [0.3, 0.4) is 0 Å². The number of anilines is 1. The average Bonchev–Trinajstić information content (AvgIpc) is 3.41. The minimum absolute atomic E-state index is 0.198. The number of esters is 1. The maximum absolute atomic E-state index is 15.9. The molecule has 0 amide bonds. The molecule has 4 rings (SSSR count). The molecular weight excluding hydrogens is 534 g/mol. The Morgan fingerprint density at radius 3 is 2.64 bits per heavy atom. The highest BCUT2D eigenvalue weighted by molar-refractivity contribution is 7.52. The molecule has 15 heteroatoms. The van der Waals surface area contributed by atoms with Gasteiger partial charge < -0.3 is 24.4 Å². The summed E-state index contributed by atoms with van der Waals surface area (Å²) in [6.07, 6.45) is -2.05. The molecule has 1 aromatic carbocycles. The predicted octanol–water partition coefficient (Wildman–Crippen LogP) is 2.99. The van der Waals surface area contributed by atoms with Crippen LogP contribution in [-0.4, -0.2) is 74.3 Å². The van der Waals surface area contributed by atoms with Crippen molar-refractivity contribution < 1.29 is 37.4 Å². The van der Waals surface area contributed by atoms with E-state index in [0.29, 0.717) is 11.3 Å². The number of para-hydroxylation sites is 1. The van der Waals surface area contributed by atoms with Crippen molar-refractivity contribution in [3.8, 4) is 5.75 Å². The van der Waals surface area contributed by atoms with Crippen LogP contribution in [0.1, 0.15) is 33.9 Å². The zero-order valence-electron chi connectivity index (χ0n) is 22.1. The van der Waals surface area contributed by atoms with Gasteiger partial charge in [0.15, 0.2) is 23.4 Å². The number of alkyl halides is 1. The number of fused-ring (bicyclic) bond motifs is 1. The zero-order valence-corrected chi connectivity index (χ0v) is 23.0. The third-order valence-corrected chi connectivity index (χ3v) is 7.64. The predicted molar refractivity (Wildman–Crippen MR) is 139 cm³/mol. The molecule has 2 aromatic heterocycles. The molecule has 1 saturated heterocycles. The lowest BCUT2D eigenvalue weighted by atomic mass is 9.98.